The Labute approximate surface area is 207 Å². The van der Waals surface area contributed by atoms with Crippen molar-refractivity contribution in [3.63, 3.8) is 0 Å². The molecule has 0 bridgehead atoms. The zero-order valence-corrected chi connectivity index (χ0v) is 20.5. The van der Waals surface area contributed by atoms with E-state index >= 15 is 0 Å². The number of nitrogens with zero attached hydrogens (tertiary/aromatic N) is 3. The molecule has 0 spiro atoms. The molecule has 1 aromatic carbocycles. The van der Waals surface area contributed by atoms with Crippen LogP contribution < -0.4 is 25.4 Å². The molecule has 1 fully saturated rings. The van der Waals surface area contributed by atoms with Gasteiger partial charge >= 0.3 is 5.97 Å². The van der Waals surface area contributed by atoms with Crippen LogP contribution in [-0.4, -0.2) is 47.6 Å². The molecule has 0 unspecified atom stereocenters. The Morgan fingerprint density at radius 2 is 2.03 bits per heavy atom. The molecule has 2 N–H and O–H groups in total. The predicted molar refractivity (Wildman–Crippen MR) is 137 cm³/mol. The number of rotatable bonds is 10. The van der Waals surface area contributed by atoms with Crippen LogP contribution in [0.2, 0.25) is 0 Å². The van der Waals surface area contributed by atoms with Gasteiger partial charge in [-0.1, -0.05) is 18.7 Å². The average Bonchev–Trinajstić information content (AvgIpc) is 3.48. The number of ether oxygens (including phenoxy) is 1. The second kappa shape index (κ2) is 12.7. The monoisotopic (exact) mass is 495 g/mol. The van der Waals surface area contributed by atoms with Crippen LogP contribution in [0.15, 0.2) is 41.7 Å². The van der Waals surface area contributed by atoms with Gasteiger partial charge in [0, 0.05) is 37.1 Å². The molecular weight excluding hydrogens is 466 g/mol. The third-order valence-electron chi connectivity index (χ3n) is 5.46. The van der Waals surface area contributed by atoms with Crippen LogP contribution >= 0.6 is 11.3 Å². The van der Waals surface area contributed by atoms with Crippen LogP contribution in [0, 0.1) is 11.3 Å². The van der Waals surface area contributed by atoms with Gasteiger partial charge in [0.05, 0.1) is 0 Å². The van der Waals surface area contributed by atoms with Crippen molar-refractivity contribution in [3.05, 3.63) is 56.5 Å². The zero-order valence-electron chi connectivity index (χ0n) is 19.7. The molecule has 0 saturated carbocycles. The Hall–Kier alpha value is -3.68. The highest BCUT2D eigenvalue weighted by atomic mass is 32.1. The fraction of sp³-hybridized carbons (Fsp3) is 0.360. The lowest BCUT2D eigenvalue weighted by molar-refractivity contribution is -0.135. The molecule has 1 aliphatic heterocycles. The molecule has 0 atom stereocenters. The summed E-state index contributed by atoms with van der Waals surface area (Å²) in [5.41, 5.74) is 0.775. The van der Waals surface area contributed by atoms with E-state index in [1.807, 2.05) is 12.1 Å². The molecule has 1 amide bonds. The lowest BCUT2D eigenvalue weighted by Crippen LogP contribution is -2.32. The van der Waals surface area contributed by atoms with Crippen molar-refractivity contribution in [3.8, 4) is 6.07 Å². The van der Waals surface area contributed by atoms with Gasteiger partial charge < -0.3 is 20.3 Å². The maximum Gasteiger partial charge on any atom is 0.352 e. The summed E-state index contributed by atoms with van der Waals surface area (Å²) in [6.45, 7) is 8.36. The highest BCUT2D eigenvalue weighted by Gasteiger charge is 2.16. The lowest BCUT2D eigenvalue weighted by atomic mass is 10.2. The fourth-order valence-electron chi connectivity index (χ4n) is 3.71. The van der Waals surface area contributed by atoms with Gasteiger partial charge in [0.15, 0.2) is 5.57 Å². The van der Waals surface area contributed by atoms with Gasteiger partial charge in [-0.2, -0.15) is 5.26 Å². The second-order valence-electron chi connectivity index (χ2n) is 7.91. The number of hydrogen-bond donors (Lipinski definition) is 2. The van der Waals surface area contributed by atoms with Crippen molar-refractivity contribution >= 4 is 46.4 Å². The molecule has 1 saturated heterocycles. The van der Waals surface area contributed by atoms with Crippen molar-refractivity contribution in [2.75, 3.05) is 36.9 Å². The number of thiazole rings is 1. The van der Waals surface area contributed by atoms with Crippen molar-refractivity contribution in [2.24, 2.45) is 0 Å². The number of benzene rings is 1. The number of hydrogen-bond acceptors (Lipinski definition) is 8. The molecule has 9 nitrogen and oxygen atoms in total. The van der Waals surface area contributed by atoms with E-state index in [0.29, 0.717) is 22.3 Å². The van der Waals surface area contributed by atoms with E-state index in [0.717, 1.165) is 31.0 Å². The van der Waals surface area contributed by atoms with E-state index < -0.39 is 5.97 Å². The molecule has 3 rings (SSSR count). The number of amides is 1. The number of nitrogens with one attached hydrogen (secondary N) is 2. The van der Waals surface area contributed by atoms with Gasteiger partial charge in [-0.05, 0) is 51.1 Å². The summed E-state index contributed by atoms with van der Waals surface area (Å²) in [6, 6.07) is 9.03. The normalized spacial score (nSPS) is 14.8. The van der Waals surface area contributed by atoms with E-state index in [4.69, 9.17) is 4.74 Å². The van der Waals surface area contributed by atoms with Gasteiger partial charge in [-0.25, -0.2) is 4.79 Å². The van der Waals surface area contributed by atoms with Crippen LogP contribution in [0.4, 0.5) is 11.4 Å². The zero-order chi connectivity index (χ0) is 25.2. The Balaban J connectivity index is 1.77. The van der Waals surface area contributed by atoms with Gasteiger partial charge in [-0.15, -0.1) is 11.3 Å². The number of esters is 1. The summed E-state index contributed by atoms with van der Waals surface area (Å²) in [5, 5.41) is 15.5. The predicted octanol–water partition coefficient (Wildman–Crippen LogP) is 1.61. The maximum atomic E-state index is 12.8. The first-order valence-electron chi connectivity index (χ1n) is 11.5. The van der Waals surface area contributed by atoms with Gasteiger partial charge in [0.1, 0.15) is 21.9 Å². The first-order chi connectivity index (χ1) is 17.0. The van der Waals surface area contributed by atoms with E-state index in [1.165, 1.54) is 29.7 Å². The third-order valence-corrected chi connectivity index (χ3v) is 6.59. The summed E-state index contributed by atoms with van der Waals surface area (Å²) >= 11 is 1.03. The molecule has 10 heteroatoms. The van der Waals surface area contributed by atoms with Crippen LogP contribution in [0.5, 0.6) is 0 Å². The van der Waals surface area contributed by atoms with Gasteiger partial charge in [0.2, 0.25) is 5.91 Å². The summed E-state index contributed by atoms with van der Waals surface area (Å²) in [6.07, 6.45) is 5.75. The quantitative estimate of drug-likeness (QED) is 0.380. The largest absolute Gasteiger partial charge is 0.457 e. The highest BCUT2D eigenvalue weighted by Crippen LogP contribution is 2.16. The van der Waals surface area contributed by atoms with Crippen LogP contribution in [0.25, 0.3) is 11.8 Å². The lowest BCUT2D eigenvalue weighted by Gasteiger charge is -2.14. The molecular formula is C25H29N5O4S. The minimum Gasteiger partial charge on any atom is -0.457 e. The van der Waals surface area contributed by atoms with Crippen LogP contribution in [-0.2, 0) is 20.9 Å². The smallest absolute Gasteiger partial charge is 0.352 e. The van der Waals surface area contributed by atoms with Gasteiger partial charge in [0.25, 0.3) is 5.56 Å². The molecule has 35 heavy (non-hydrogen) atoms. The molecule has 184 valence electrons. The van der Waals surface area contributed by atoms with E-state index in [1.54, 1.807) is 25.1 Å². The van der Waals surface area contributed by atoms with Gasteiger partial charge in [-0.3, -0.25) is 14.2 Å². The Bertz CT molecular complexity index is 1300. The fourth-order valence-corrected chi connectivity index (χ4v) is 4.78. The molecule has 1 aliphatic rings. The van der Waals surface area contributed by atoms with Crippen molar-refractivity contribution in [1.82, 2.24) is 9.47 Å². The number of carbonyl (C=O) groups is 2. The standard InChI is InChI=1S/C25H29N5O4S/c1-3-14-34-25(33)20(16-26)24-30(4-2)23(32)21(35-24)17-27-18-8-7-9-19(15-18)28-22(31)10-13-29-11-5-6-12-29/h3,7-9,15,17,27H,1,4-6,10-14H2,2H3,(H,28,31). The SMILES string of the molecule is C=CCOC(=O)C(C#N)=c1sc(=CNc2cccc(NC(=O)CCN3CCCC3)c2)c(=O)n1CC. The molecule has 2 heterocycles. The molecule has 0 aliphatic carbocycles. The Morgan fingerprint density at radius 1 is 1.29 bits per heavy atom. The number of nitriles is 1. The summed E-state index contributed by atoms with van der Waals surface area (Å²) in [4.78, 5) is 39.7. The molecule has 0 radical (unpaired) electrons. The topological polar surface area (TPSA) is 116 Å². The summed E-state index contributed by atoms with van der Waals surface area (Å²) < 4.78 is 6.91. The van der Waals surface area contributed by atoms with Crippen molar-refractivity contribution in [1.29, 1.82) is 5.26 Å². The van der Waals surface area contributed by atoms with E-state index in [-0.39, 0.29) is 34.9 Å². The summed E-state index contributed by atoms with van der Waals surface area (Å²) in [5.74, 6) is -0.849. The number of likely N-dealkylation sites (tertiary alicyclic amines) is 1. The first-order valence-corrected chi connectivity index (χ1v) is 12.3. The van der Waals surface area contributed by atoms with E-state index in [9.17, 15) is 19.6 Å². The van der Waals surface area contributed by atoms with Crippen LogP contribution in [0.1, 0.15) is 26.2 Å². The van der Waals surface area contributed by atoms with E-state index in [2.05, 4.69) is 22.1 Å². The molecule has 1 aromatic heterocycles. The van der Waals surface area contributed by atoms with Crippen LogP contribution in [0.3, 0.4) is 0 Å². The minimum atomic E-state index is -0.802. The minimum absolute atomic E-state index is 0.0303. The number of aromatic nitrogens is 1. The molecule has 2 aromatic rings. The average molecular weight is 496 g/mol. The third kappa shape index (κ3) is 6.91. The number of carbonyl (C=O) groups excluding carboxylic acids is 2. The van der Waals surface area contributed by atoms with Crippen molar-refractivity contribution < 1.29 is 14.3 Å². The maximum absolute atomic E-state index is 12.8. The number of anilines is 2. The second-order valence-corrected chi connectivity index (χ2v) is 8.94. The summed E-state index contributed by atoms with van der Waals surface area (Å²) in [7, 11) is 0. The Morgan fingerprint density at radius 3 is 2.71 bits per heavy atom. The van der Waals surface area contributed by atoms with Crippen molar-refractivity contribution in [2.45, 2.75) is 32.7 Å². The first kappa shape index (κ1) is 25.9. The highest BCUT2D eigenvalue weighted by molar-refractivity contribution is 7.07. The Kier molecular flexibility index (Phi) is 9.40.